The van der Waals surface area contributed by atoms with E-state index in [0.717, 1.165) is 11.1 Å². The topological polar surface area (TPSA) is 0 Å². The molecule has 1 aromatic carbocycles. The van der Waals surface area contributed by atoms with Gasteiger partial charge in [-0.05, 0) is 11.1 Å². The Morgan fingerprint density at radius 2 is 1.27 bits per heavy atom. The normalized spacial score (nSPS) is 8.87. The Labute approximate surface area is 96.9 Å². The van der Waals surface area contributed by atoms with Gasteiger partial charge in [0.25, 0.3) is 0 Å². The van der Waals surface area contributed by atoms with E-state index in [2.05, 4.69) is 19.7 Å². The Bertz CT molecular complexity index is 304. The first-order chi connectivity index (χ1) is 7.28. The van der Waals surface area contributed by atoms with E-state index < -0.39 is 0 Å². The van der Waals surface area contributed by atoms with E-state index in [1.54, 1.807) is 12.2 Å². The van der Waals surface area contributed by atoms with Gasteiger partial charge >= 0.3 is 0 Å². The maximum absolute atomic E-state index is 5.05. The minimum absolute atomic E-state index is 1.14. The predicted octanol–water partition coefficient (Wildman–Crippen LogP) is 4.90. The zero-order valence-electron chi connectivity index (χ0n) is 8.70. The van der Waals surface area contributed by atoms with E-state index >= 15 is 0 Å². The van der Waals surface area contributed by atoms with Crippen molar-refractivity contribution >= 4 is 23.8 Å². The van der Waals surface area contributed by atoms with Crippen LogP contribution in [0, 0.1) is 0 Å². The van der Waals surface area contributed by atoms with Crippen molar-refractivity contribution in [3.05, 3.63) is 72.8 Å². The van der Waals surface area contributed by atoms with Crippen molar-refractivity contribution in [3.8, 4) is 0 Å². The molecule has 0 saturated heterocycles. The van der Waals surface area contributed by atoms with Crippen LogP contribution in [0.4, 0.5) is 0 Å². The zero-order chi connectivity index (χ0) is 11.5. The van der Waals surface area contributed by atoms with Crippen LogP contribution in [0.2, 0.25) is 0 Å². The molecule has 0 spiro atoms. The molecule has 0 radical (unpaired) electrons. The smallest absolute Gasteiger partial charge is 0.00422 e. The lowest BCUT2D eigenvalue weighted by Crippen LogP contribution is -1.71. The lowest BCUT2D eigenvalue weighted by atomic mass is 10.1. The van der Waals surface area contributed by atoms with Crippen molar-refractivity contribution in [3.63, 3.8) is 0 Å². The Kier molecular flexibility index (Phi) is 8.12. The van der Waals surface area contributed by atoms with Gasteiger partial charge in [0, 0.05) is 5.54 Å². The maximum atomic E-state index is 5.05. The van der Waals surface area contributed by atoms with Gasteiger partial charge in [0.15, 0.2) is 0 Å². The fraction of sp³-hybridized carbons (Fsp3) is 0. The van der Waals surface area contributed by atoms with Crippen LogP contribution in [0.5, 0.6) is 0 Å². The molecular weight excluding hydrogens is 204 g/mol. The van der Waals surface area contributed by atoms with E-state index in [1.165, 1.54) is 5.54 Å². The summed E-state index contributed by atoms with van der Waals surface area (Å²) in [4.78, 5) is 0. The van der Waals surface area contributed by atoms with Gasteiger partial charge in [0.05, 0.1) is 0 Å². The highest BCUT2D eigenvalue weighted by Crippen LogP contribution is 2.05. The molecule has 0 aromatic heterocycles. The second-order valence-electron chi connectivity index (χ2n) is 2.63. The van der Waals surface area contributed by atoms with Gasteiger partial charge in [0.2, 0.25) is 0 Å². The monoisotopic (exact) mass is 218 g/mol. The Balaban J connectivity index is 0.000000336. The van der Waals surface area contributed by atoms with Crippen LogP contribution in [0.15, 0.2) is 61.7 Å². The summed E-state index contributed by atoms with van der Waals surface area (Å²) in [6.45, 7) is 10.7. The molecule has 0 saturated carbocycles. The van der Waals surface area contributed by atoms with Gasteiger partial charge in [-0.15, -0.1) is 0 Å². The van der Waals surface area contributed by atoms with Crippen LogP contribution >= 0.6 is 11.6 Å². The number of rotatable bonds is 3. The maximum Gasteiger partial charge on any atom is 0.00422 e. The molecule has 0 aliphatic carbocycles. The minimum Gasteiger partial charge on any atom is -0.0990 e. The molecule has 1 aromatic rings. The van der Waals surface area contributed by atoms with Crippen LogP contribution in [-0.4, -0.2) is 0 Å². The quantitative estimate of drug-likeness (QED) is 0.634. The number of hydrogen-bond donors (Lipinski definition) is 0. The number of allylic oxidation sites excluding steroid dienone is 2. The van der Waals surface area contributed by atoms with Crippen molar-refractivity contribution in [1.82, 2.24) is 0 Å². The molecular formula is C14H15Cl. The third-order valence-corrected chi connectivity index (χ3v) is 1.76. The van der Waals surface area contributed by atoms with Crippen molar-refractivity contribution in [1.29, 1.82) is 0 Å². The van der Waals surface area contributed by atoms with Crippen LogP contribution in [0.3, 0.4) is 0 Å². The standard InChI is InChI=1S/C10H10.C4H5Cl/c1-3-9-5-7-10(4-2)8-6-9;1-2-3-4-5/h3-8H,1-2H2;2-4H,1H2. The fourth-order valence-electron chi connectivity index (χ4n) is 0.820. The van der Waals surface area contributed by atoms with Gasteiger partial charge in [-0.2, -0.15) is 0 Å². The molecule has 0 N–H and O–H groups in total. The highest BCUT2D eigenvalue weighted by atomic mass is 35.5. The summed E-state index contributed by atoms with van der Waals surface area (Å²) in [5, 5.41) is 0. The SMILES string of the molecule is C=CC=CCl.C=Cc1ccc(C=C)cc1. The summed E-state index contributed by atoms with van der Waals surface area (Å²) >= 11 is 5.05. The lowest BCUT2D eigenvalue weighted by Gasteiger charge is -1.92. The minimum atomic E-state index is 1.14. The van der Waals surface area contributed by atoms with Crippen LogP contribution in [0.1, 0.15) is 11.1 Å². The predicted molar refractivity (Wildman–Crippen MR) is 71.8 cm³/mol. The van der Waals surface area contributed by atoms with Crippen LogP contribution in [-0.2, 0) is 0 Å². The molecule has 78 valence electrons. The summed E-state index contributed by atoms with van der Waals surface area (Å²) in [7, 11) is 0. The molecule has 0 bridgehead atoms. The summed E-state index contributed by atoms with van der Waals surface area (Å²) in [6, 6.07) is 8.07. The number of benzene rings is 1. The summed E-state index contributed by atoms with van der Waals surface area (Å²) in [6.07, 6.45) is 6.92. The first-order valence-electron chi connectivity index (χ1n) is 4.51. The molecule has 15 heavy (non-hydrogen) atoms. The molecule has 0 fully saturated rings. The third kappa shape index (κ3) is 6.53. The average Bonchev–Trinajstić information content (AvgIpc) is 2.31. The Hall–Kier alpha value is -1.53. The molecule has 0 atom stereocenters. The molecule has 0 nitrogen and oxygen atoms in total. The van der Waals surface area contributed by atoms with Crippen molar-refractivity contribution in [2.75, 3.05) is 0 Å². The van der Waals surface area contributed by atoms with Crippen molar-refractivity contribution in [2.45, 2.75) is 0 Å². The lowest BCUT2D eigenvalue weighted by molar-refractivity contribution is 1.63. The van der Waals surface area contributed by atoms with Crippen LogP contribution < -0.4 is 0 Å². The van der Waals surface area contributed by atoms with Gasteiger partial charge in [-0.3, -0.25) is 0 Å². The van der Waals surface area contributed by atoms with E-state index in [1.807, 2.05) is 36.4 Å². The van der Waals surface area contributed by atoms with Gasteiger partial charge in [0.1, 0.15) is 0 Å². The van der Waals surface area contributed by atoms with Crippen LogP contribution in [0.25, 0.3) is 12.2 Å². The van der Waals surface area contributed by atoms with Gasteiger partial charge in [-0.25, -0.2) is 0 Å². The third-order valence-electron chi connectivity index (χ3n) is 1.62. The zero-order valence-corrected chi connectivity index (χ0v) is 9.45. The fourth-order valence-corrected chi connectivity index (χ4v) is 0.922. The molecule has 0 unspecified atom stereocenters. The largest absolute Gasteiger partial charge is 0.0990 e. The second kappa shape index (κ2) is 9.04. The Morgan fingerprint density at radius 1 is 0.867 bits per heavy atom. The van der Waals surface area contributed by atoms with Gasteiger partial charge < -0.3 is 0 Å². The summed E-state index contributed by atoms with van der Waals surface area (Å²) in [5.41, 5.74) is 3.70. The molecule has 0 heterocycles. The average molecular weight is 219 g/mol. The molecule has 0 aliphatic heterocycles. The van der Waals surface area contributed by atoms with E-state index in [-0.39, 0.29) is 0 Å². The first kappa shape index (κ1) is 13.5. The number of hydrogen-bond acceptors (Lipinski definition) is 0. The summed E-state index contributed by atoms with van der Waals surface area (Å²) in [5.74, 6) is 0. The molecule has 0 amide bonds. The van der Waals surface area contributed by atoms with Gasteiger partial charge in [-0.1, -0.05) is 79.9 Å². The van der Waals surface area contributed by atoms with Crippen molar-refractivity contribution < 1.29 is 0 Å². The Morgan fingerprint density at radius 3 is 1.40 bits per heavy atom. The molecule has 0 aliphatic rings. The number of halogens is 1. The first-order valence-corrected chi connectivity index (χ1v) is 4.94. The molecule has 1 heteroatoms. The molecule has 1 rings (SSSR count). The van der Waals surface area contributed by atoms with E-state index in [9.17, 15) is 0 Å². The second-order valence-corrected chi connectivity index (χ2v) is 2.88. The van der Waals surface area contributed by atoms with Crippen molar-refractivity contribution in [2.24, 2.45) is 0 Å². The highest BCUT2D eigenvalue weighted by Gasteiger charge is 1.84. The highest BCUT2D eigenvalue weighted by molar-refractivity contribution is 6.25. The van der Waals surface area contributed by atoms with E-state index in [4.69, 9.17) is 11.6 Å². The van der Waals surface area contributed by atoms with E-state index in [0.29, 0.717) is 0 Å². The summed E-state index contributed by atoms with van der Waals surface area (Å²) < 4.78 is 0.